The highest BCUT2D eigenvalue weighted by molar-refractivity contribution is 5.47. The number of aromatic nitrogens is 4. The molecule has 1 fully saturated rings. The van der Waals surface area contributed by atoms with Crippen molar-refractivity contribution < 1.29 is 9.13 Å². The van der Waals surface area contributed by atoms with Gasteiger partial charge in [0.15, 0.2) is 23.2 Å². The molecule has 5 nitrogen and oxygen atoms in total. The lowest BCUT2D eigenvalue weighted by atomic mass is 9.99. The van der Waals surface area contributed by atoms with Crippen LogP contribution < -0.4 is 4.74 Å². The summed E-state index contributed by atoms with van der Waals surface area (Å²) >= 11 is 0. The molecule has 0 radical (unpaired) electrons. The molecule has 3 aromatic rings. The second-order valence-corrected chi connectivity index (χ2v) is 7.10. The van der Waals surface area contributed by atoms with E-state index in [2.05, 4.69) is 28.8 Å². The second kappa shape index (κ2) is 7.02. The summed E-state index contributed by atoms with van der Waals surface area (Å²) < 4.78 is 18.8. The van der Waals surface area contributed by atoms with Crippen molar-refractivity contribution in [2.24, 2.45) is 0 Å². The topological polar surface area (TPSA) is 60.8 Å². The first kappa shape index (κ1) is 17.5. The summed E-state index contributed by atoms with van der Waals surface area (Å²) in [6.07, 6.45) is 6.28. The summed E-state index contributed by atoms with van der Waals surface area (Å²) in [5, 5.41) is 0. The average molecular weight is 364 g/mol. The molecule has 27 heavy (non-hydrogen) atoms. The monoisotopic (exact) mass is 364 g/mol. The van der Waals surface area contributed by atoms with Crippen molar-refractivity contribution in [1.29, 1.82) is 0 Å². The van der Waals surface area contributed by atoms with E-state index >= 15 is 0 Å². The summed E-state index contributed by atoms with van der Waals surface area (Å²) in [5.41, 5.74) is 3.26. The summed E-state index contributed by atoms with van der Waals surface area (Å²) in [5.74, 6) is 1.95. The maximum absolute atomic E-state index is 13.7. The Balaban J connectivity index is 1.65. The molecule has 1 aliphatic rings. The van der Waals surface area contributed by atoms with Crippen molar-refractivity contribution in [2.75, 3.05) is 7.11 Å². The largest absolute Gasteiger partial charge is 0.494 e. The number of rotatable bonds is 5. The standard InChI is InChI=1S/C21H21FN4O/c1-12(2)19-16(11-25-21(26-19)20-23-7-4-8-24-20)15-10-14(15)13-5-6-17(22)18(9-13)27-3/h4-9,11-12,14-15H,10H2,1-3H3/t14-,15-/m1/s1. The van der Waals surface area contributed by atoms with Gasteiger partial charge in [0.25, 0.3) is 0 Å². The van der Waals surface area contributed by atoms with Gasteiger partial charge in [-0.05, 0) is 53.5 Å². The quantitative estimate of drug-likeness (QED) is 0.668. The van der Waals surface area contributed by atoms with E-state index in [-0.39, 0.29) is 17.5 Å². The van der Waals surface area contributed by atoms with Crippen LogP contribution in [-0.2, 0) is 0 Å². The Morgan fingerprint density at radius 2 is 1.85 bits per heavy atom. The first-order chi connectivity index (χ1) is 13.1. The molecule has 6 heteroatoms. The van der Waals surface area contributed by atoms with Crippen LogP contribution in [0.15, 0.2) is 42.9 Å². The zero-order valence-corrected chi connectivity index (χ0v) is 15.6. The van der Waals surface area contributed by atoms with Crippen molar-refractivity contribution in [2.45, 2.75) is 38.0 Å². The lowest BCUT2D eigenvalue weighted by Gasteiger charge is -2.13. The summed E-state index contributed by atoms with van der Waals surface area (Å²) in [7, 11) is 1.49. The van der Waals surface area contributed by atoms with Gasteiger partial charge in [-0.1, -0.05) is 19.9 Å². The Labute approximate surface area is 157 Å². The molecule has 1 saturated carbocycles. The minimum Gasteiger partial charge on any atom is -0.494 e. The van der Waals surface area contributed by atoms with Crippen molar-refractivity contribution in [1.82, 2.24) is 19.9 Å². The molecular formula is C21H21FN4O. The number of benzene rings is 1. The minimum atomic E-state index is -0.336. The smallest absolute Gasteiger partial charge is 0.197 e. The third kappa shape index (κ3) is 3.39. The molecular weight excluding hydrogens is 343 g/mol. The SMILES string of the molecule is COc1cc([C@H]2C[C@H]2c2cnc(-c3ncccn3)nc2C(C)C)ccc1F. The number of hydrogen-bond acceptors (Lipinski definition) is 5. The van der Waals surface area contributed by atoms with Crippen LogP contribution in [0.1, 0.15) is 54.8 Å². The highest BCUT2D eigenvalue weighted by Crippen LogP contribution is 2.56. The van der Waals surface area contributed by atoms with Crippen LogP contribution in [-0.4, -0.2) is 27.0 Å². The minimum absolute atomic E-state index is 0.259. The molecule has 2 aromatic heterocycles. The van der Waals surface area contributed by atoms with E-state index in [0.717, 1.165) is 23.2 Å². The number of methoxy groups -OCH3 is 1. The van der Waals surface area contributed by atoms with Crippen LogP contribution in [0.25, 0.3) is 11.6 Å². The maximum Gasteiger partial charge on any atom is 0.197 e. The molecule has 1 aromatic carbocycles. The van der Waals surface area contributed by atoms with Crippen molar-refractivity contribution in [3.63, 3.8) is 0 Å². The van der Waals surface area contributed by atoms with Crippen molar-refractivity contribution >= 4 is 0 Å². The number of hydrogen-bond donors (Lipinski definition) is 0. The highest BCUT2D eigenvalue weighted by atomic mass is 19.1. The number of ether oxygens (including phenoxy) is 1. The van der Waals surface area contributed by atoms with Gasteiger partial charge in [0, 0.05) is 18.6 Å². The predicted octanol–water partition coefficient (Wildman–Crippen LogP) is 4.48. The van der Waals surface area contributed by atoms with Gasteiger partial charge in [-0.25, -0.2) is 24.3 Å². The van der Waals surface area contributed by atoms with E-state index in [9.17, 15) is 4.39 Å². The van der Waals surface area contributed by atoms with Crippen LogP contribution in [0.4, 0.5) is 4.39 Å². The fraction of sp³-hybridized carbons (Fsp3) is 0.333. The fourth-order valence-electron chi connectivity index (χ4n) is 3.49. The molecule has 0 N–H and O–H groups in total. The Morgan fingerprint density at radius 1 is 1.07 bits per heavy atom. The van der Waals surface area contributed by atoms with Gasteiger partial charge < -0.3 is 4.74 Å². The van der Waals surface area contributed by atoms with Crippen LogP contribution in [0, 0.1) is 5.82 Å². The molecule has 4 rings (SSSR count). The predicted molar refractivity (Wildman–Crippen MR) is 100 cm³/mol. The van der Waals surface area contributed by atoms with E-state index in [1.807, 2.05) is 12.3 Å². The van der Waals surface area contributed by atoms with Gasteiger partial charge in [-0.3, -0.25) is 0 Å². The molecule has 2 heterocycles. The zero-order chi connectivity index (χ0) is 19.0. The van der Waals surface area contributed by atoms with Crippen LogP contribution >= 0.6 is 0 Å². The highest BCUT2D eigenvalue weighted by Gasteiger charge is 2.42. The lowest BCUT2D eigenvalue weighted by Crippen LogP contribution is -2.05. The van der Waals surface area contributed by atoms with Gasteiger partial charge in [0.05, 0.1) is 12.8 Å². The summed E-state index contributed by atoms with van der Waals surface area (Å²) in [6.45, 7) is 4.25. The fourth-order valence-corrected chi connectivity index (χ4v) is 3.49. The molecule has 2 atom stereocenters. The normalized spacial score (nSPS) is 18.6. The molecule has 0 saturated heterocycles. The number of halogens is 1. The molecule has 0 spiro atoms. The van der Waals surface area contributed by atoms with E-state index < -0.39 is 0 Å². The molecule has 138 valence electrons. The summed E-state index contributed by atoms with van der Waals surface area (Å²) in [6, 6.07) is 6.87. The van der Waals surface area contributed by atoms with Crippen LogP contribution in [0.3, 0.4) is 0 Å². The molecule has 0 bridgehead atoms. The van der Waals surface area contributed by atoms with E-state index in [1.165, 1.54) is 13.2 Å². The molecule has 0 amide bonds. The van der Waals surface area contributed by atoms with Gasteiger partial charge in [0.2, 0.25) is 0 Å². The Kier molecular flexibility index (Phi) is 4.56. The zero-order valence-electron chi connectivity index (χ0n) is 15.6. The van der Waals surface area contributed by atoms with Gasteiger partial charge in [0.1, 0.15) is 0 Å². The Bertz CT molecular complexity index is 962. The Hall–Kier alpha value is -2.89. The molecule has 0 aliphatic heterocycles. The first-order valence-corrected chi connectivity index (χ1v) is 9.06. The van der Waals surface area contributed by atoms with Gasteiger partial charge in [-0.2, -0.15) is 0 Å². The third-order valence-electron chi connectivity index (χ3n) is 4.95. The van der Waals surface area contributed by atoms with E-state index in [1.54, 1.807) is 24.5 Å². The molecule has 1 aliphatic carbocycles. The lowest BCUT2D eigenvalue weighted by molar-refractivity contribution is 0.386. The third-order valence-corrected chi connectivity index (χ3v) is 4.95. The maximum atomic E-state index is 13.7. The summed E-state index contributed by atoms with van der Waals surface area (Å²) in [4.78, 5) is 17.8. The van der Waals surface area contributed by atoms with Crippen LogP contribution in [0.2, 0.25) is 0 Å². The van der Waals surface area contributed by atoms with Crippen LogP contribution in [0.5, 0.6) is 5.75 Å². The Morgan fingerprint density at radius 3 is 2.56 bits per heavy atom. The molecule has 0 unspecified atom stereocenters. The first-order valence-electron chi connectivity index (χ1n) is 9.06. The number of nitrogens with zero attached hydrogens (tertiary/aromatic N) is 4. The van der Waals surface area contributed by atoms with Crippen molar-refractivity contribution in [3.8, 4) is 17.4 Å². The van der Waals surface area contributed by atoms with Gasteiger partial charge >= 0.3 is 0 Å². The van der Waals surface area contributed by atoms with Gasteiger partial charge in [-0.15, -0.1) is 0 Å². The van der Waals surface area contributed by atoms with E-state index in [4.69, 9.17) is 9.72 Å². The average Bonchev–Trinajstić information content (AvgIpc) is 3.49. The second-order valence-electron chi connectivity index (χ2n) is 7.10. The van der Waals surface area contributed by atoms with E-state index in [0.29, 0.717) is 23.5 Å². The van der Waals surface area contributed by atoms with Crippen molar-refractivity contribution in [3.05, 3.63) is 65.5 Å².